The smallest absolute Gasteiger partial charge is 0.219 e. The molecular weight excluding hydrogens is 311 g/mol. The van der Waals surface area contributed by atoms with Crippen molar-refractivity contribution in [2.45, 2.75) is 31.7 Å². The number of benzene rings is 1. The maximum Gasteiger partial charge on any atom is 0.219 e. The van der Waals surface area contributed by atoms with E-state index < -0.39 is 28.0 Å². The number of sulfonamides is 1. The molecule has 118 valence electrons. The minimum Gasteiger partial charge on any atom is -0.488 e. The molecule has 1 N–H and O–H groups in total. The number of halogens is 1. The van der Waals surface area contributed by atoms with Gasteiger partial charge in [-0.3, -0.25) is 0 Å². The summed E-state index contributed by atoms with van der Waals surface area (Å²) in [6.45, 7) is 3.44. The molecule has 2 atom stereocenters. The molecule has 8 heteroatoms. The van der Waals surface area contributed by atoms with Gasteiger partial charge in [0.25, 0.3) is 0 Å². The van der Waals surface area contributed by atoms with Gasteiger partial charge in [0.2, 0.25) is 10.0 Å². The van der Waals surface area contributed by atoms with Crippen molar-refractivity contribution in [2.75, 3.05) is 0 Å². The highest BCUT2D eigenvalue weighted by molar-refractivity contribution is 7.88. The summed E-state index contributed by atoms with van der Waals surface area (Å²) in [5.74, 6) is -0.119. The number of aromatic nitrogens is 1. The van der Waals surface area contributed by atoms with E-state index in [4.69, 9.17) is 9.26 Å². The van der Waals surface area contributed by atoms with Crippen molar-refractivity contribution in [3.05, 3.63) is 47.1 Å². The molecule has 0 spiro atoms. The summed E-state index contributed by atoms with van der Waals surface area (Å²) in [5, 5.41) is 3.66. The fourth-order valence-corrected chi connectivity index (χ4v) is 3.75. The molecule has 2 aromatic rings. The molecule has 0 saturated heterocycles. The Bertz CT molecular complexity index is 803. The van der Waals surface area contributed by atoms with E-state index in [1.54, 1.807) is 19.9 Å². The molecule has 6 nitrogen and oxygen atoms in total. The van der Waals surface area contributed by atoms with Crippen LogP contribution in [-0.4, -0.2) is 19.7 Å². The molecule has 3 rings (SSSR count). The molecule has 0 aliphatic carbocycles. The second kappa shape index (κ2) is 5.36. The highest BCUT2D eigenvalue weighted by Crippen LogP contribution is 2.37. The van der Waals surface area contributed by atoms with Crippen LogP contribution < -0.4 is 9.46 Å². The fourth-order valence-electron chi connectivity index (χ4n) is 2.45. The number of aryl methyl sites for hydroxylation is 1. The van der Waals surface area contributed by atoms with Gasteiger partial charge in [0.1, 0.15) is 23.4 Å². The zero-order valence-corrected chi connectivity index (χ0v) is 12.9. The molecule has 1 aliphatic heterocycles. The monoisotopic (exact) mass is 326 g/mol. The zero-order chi connectivity index (χ0) is 15.9. The number of nitrogens with zero attached hydrogens (tertiary/aromatic N) is 1. The Balaban J connectivity index is 1.81. The summed E-state index contributed by atoms with van der Waals surface area (Å²) in [6, 6.07) is 5.06. The van der Waals surface area contributed by atoms with Crippen LogP contribution >= 0.6 is 0 Å². The Labute approximate surface area is 127 Å². The van der Waals surface area contributed by atoms with Crippen molar-refractivity contribution in [3.8, 4) is 5.75 Å². The van der Waals surface area contributed by atoms with Crippen LogP contribution in [0.1, 0.15) is 30.0 Å². The standard InChI is InChI=1S/C14H15FN2O4S/c1-8-5-11(21-16-8)7-22(18,19)17-14-9(2)20-13-6-10(15)3-4-12(13)14/h3-6,9,14,17H,7H2,1-2H3/t9-,14-/m1/s1. The van der Waals surface area contributed by atoms with Crippen LogP contribution in [0.5, 0.6) is 5.75 Å². The molecule has 0 radical (unpaired) electrons. The van der Waals surface area contributed by atoms with Gasteiger partial charge in [0.05, 0.1) is 11.7 Å². The highest BCUT2D eigenvalue weighted by atomic mass is 32.2. The lowest BCUT2D eigenvalue weighted by Gasteiger charge is -2.16. The molecule has 1 aliphatic rings. The van der Waals surface area contributed by atoms with E-state index in [0.29, 0.717) is 17.0 Å². The minimum absolute atomic E-state index is 0.260. The molecule has 1 aromatic heterocycles. The van der Waals surface area contributed by atoms with E-state index in [9.17, 15) is 12.8 Å². The van der Waals surface area contributed by atoms with Crippen LogP contribution in [-0.2, 0) is 15.8 Å². The second-order valence-corrected chi connectivity index (χ2v) is 7.05. The zero-order valence-electron chi connectivity index (χ0n) is 12.0. The molecule has 0 saturated carbocycles. The van der Waals surface area contributed by atoms with Gasteiger partial charge < -0.3 is 9.26 Å². The summed E-state index contributed by atoms with van der Waals surface area (Å²) in [4.78, 5) is 0. The lowest BCUT2D eigenvalue weighted by Crippen LogP contribution is -2.34. The van der Waals surface area contributed by atoms with Crippen molar-refractivity contribution >= 4 is 10.0 Å². The molecule has 2 heterocycles. The van der Waals surface area contributed by atoms with Crippen molar-refractivity contribution in [2.24, 2.45) is 0 Å². The summed E-state index contributed by atoms with van der Waals surface area (Å²) in [5.41, 5.74) is 1.23. The molecular formula is C14H15FN2O4S. The van der Waals surface area contributed by atoms with Crippen molar-refractivity contribution in [1.82, 2.24) is 9.88 Å². The average Bonchev–Trinajstić information content (AvgIpc) is 2.93. The summed E-state index contributed by atoms with van der Waals surface area (Å²) >= 11 is 0. The van der Waals surface area contributed by atoms with Crippen molar-refractivity contribution in [3.63, 3.8) is 0 Å². The van der Waals surface area contributed by atoms with Gasteiger partial charge in [0.15, 0.2) is 5.76 Å². The van der Waals surface area contributed by atoms with Crippen LogP contribution in [0.15, 0.2) is 28.8 Å². The van der Waals surface area contributed by atoms with Crippen LogP contribution in [0.4, 0.5) is 4.39 Å². The first kappa shape index (κ1) is 15.0. The number of ether oxygens (including phenoxy) is 1. The van der Waals surface area contributed by atoms with Crippen LogP contribution in [0.3, 0.4) is 0 Å². The maximum absolute atomic E-state index is 13.2. The van der Waals surface area contributed by atoms with Gasteiger partial charge in [-0.1, -0.05) is 11.2 Å². The Morgan fingerprint density at radius 3 is 2.82 bits per heavy atom. The predicted octanol–water partition coefficient (Wildman–Crippen LogP) is 2.06. The average molecular weight is 326 g/mol. The number of hydrogen-bond acceptors (Lipinski definition) is 5. The molecule has 0 bridgehead atoms. The Kier molecular flexibility index (Phi) is 3.65. The van der Waals surface area contributed by atoms with E-state index in [1.165, 1.54) is 18.2 Å². The van der Waals surface area contributed by atoms with Gasteiger partial charge >= 0.3 is 0 Å². The number of fused-ring (bicyclic) bond motifs is 1. The summed E-state index contributed by atoms with van der Waals surface area (Å²) < 4.78 is 50.7. The van der Waals surface area contributed by atoms with Gasteiger partial charge in [-0.25, -0.2) is 17.5 Å². The van der Waals surface area contributed by atoms with E-state index in [-0.39, 0.29) is 11.5 Å². The maximum atomic E-state index is 13.2. The highest BCUT2D eigenvalue weighted by Gasteiger charge is 2.34. The first-order chi connectivity index (χ1) is 10.3. The number of hydrogen-bond donors (Lipinski definition) is 1. The fraction of sp³-hybridized carbons (Fsp3) is 0.357. The number of rotatable bonds is 4. The third-order valence-electron chi connectivity index (χ3n) is 3.41. The van der Waals surface area contributed by atoms with Crippen LogP contribution in [0, 0.1) is 12.7 Å². The molecule has 1 aromatic carbocycles. The SMILES string of the molecule is Cc1cc(CS(=O)(=O)N[C@H]2c3ccc(F)cc3O[C@@H]2C)on1. The first-order valence-corrected chi connectivity index (χ1v) is 8.37. The summed E-state index contributed by atoms with van der Waals surface area (Å²) in [7, 11) is -3.65. The van der Waals surface area contributed by atoms with E-state index in [1.807, 2.05) is 0 Å². The minimum atomic E-state index is -3.65. The van der Waals surface area contributed by atoms with Crippen LogP contribution in [0.2, 0.25) is 0 Å². The Morgan fingerprint density at radius 1 is 1.36 bits per heavy atom. The van der Waals surface area contributed by atoms with Gasteiger partial charge in [-0.05, 0) is 19.9 Å². The van der Waals surface area contributed by atoms with Gasteiger partial charge in [-0.15, -0.1) is 0 Å². The van der Waals surface area contributed by atoms with Gasteiger partial charge in [0, 0.05) is 17.7 Å². The topological polar surface area (TPSA) is 81.4 Å². The van der Waals surface area contributed by atoms with Crippen molar-refractivity contribution in [1.29, 1.82) is 0 Å². The molecule has 0 unspecified atom stereocenters. The van der Waals surface area contributed by atoms with Crippen LogP contribution in [0.25, 0.3) is 0 Å². The Morgan fingerprint density at radius 2 is 2.14 bits per heavy atom. The second-order valence-electron chi connectivity index (χ2n) is 5.29. The largest absolute Gasteiger partial charge is 0.488 e. The first-order valence-electron chi connectivity index (χ1n) is 6.72. The lowest BCUT2D eigenvalue weighted by molar-refractivity contribution is 0.220. The molecule has 0 amide bonds. The third-order valence-corrected chi connectivity index (χ3v) is 4.69. The lowest BCUT2D eigenvalue weighted by atomic mass is 10.1. The van der Waals surface area contributed by atoms with Crippen molar-refractivity contribution < 1.29 is 22.1 Å². The third kappa shape index (κ3) is 2.97. The normalized spacial score (nSPS) is 20.7. The van der Waals surface area contributed by atoms with E-state index in [0.717, 1.165) is 0 Å². The predicted molar refractivity (Wildman–Crippen MR) is 76.2 cm³/mol. The molecule has 22 heavy (non-hydrogen) atoms. The molecule has 0 fully saturated rings. The Hall–Kier alpha value is -1.93. The quantitative estimate of drug-likeness (QED) is 0.930. The summed E-state index contributed by atoms with van der Waals surface area (Å²) in [6.07, 6.45) is -0.428. The number of nitrogens with one attached hydrogen (secondary N) is 1. The van der Waals surface area contributed by atoms with E-state index in [2.05, 4.69) is 9.88 Å². The van der Waals surface area contributed by atoms with E-state index >= 15 is 0 Å². The van der Waals surface area contributed by atoms with Gasteiger partial charge in [-0.2, -0.15) is 0 Å².